The van der Waals surface area contributed by atoms with E-state index in [2.05, 4.69) is 5.32 Å². The molecule has 0 spiro atoms. The minimum atomic E-state index is -0.873. The van der Waals surface area contributed by atoms with E-state index in [1.54, 1.807) is 18.2 Å². The lowest BCUT2D eigenvalue weighted by molar-refractivity contribution is -0.136. The summed E-state index contributed by atoms with van der Waals surface area (Å²) in [4.78, 5) is 10.8. The second kappa shape index (κ2) is 6.39. The van der Waals surface area contributed by atoms with Crippen molar-refractivity contribution in [3.8, 4) is 0 Å². The monoisotopic (exact) mass is 293 g/mol. The highest BCUT2D eigenvalue weighted by atomic mass is 35.5. The highest BCUT2D eigenvalue weighted by molar-refractivity contribution is 6.31. The van der Waals surface area contributed by atoms with Crippen LogP contribution in [-0.2, 0) is 17.8 Å². The number of rotatable bonds is 5. The van der Waals surface area contributed by atoms with Crippen molar-refractivity contribution in [2.24, 2.45) is 0 Å². The van der Waals surface area contributed by atoms with Gasteiger partial charge in [0.05, 0.1) is 11.4 Å². The Morgan fingerprint density at radius 1 is 1.20 bits per heavy atom. The molecule has 0 aliphatic rings. The van der Waals surface area contributed by atoms with Gasteiger partial charge in [-0.05, 0) is 29.3 Å². The summed E-state index contributed by atoms with van der Waals surface area (Å²) >= 11 is 5.70. The molecule has 5 heteroatoms. The third-order valence-corrected chi connectivity index (χ3v) is 3.15. The van der Waals surface area contributed by atoms with Crippen molar-refractivity contribution in [1.29, 1.82) is 0 Å². The van der Waals surface area contributed by atoms with Crippen LogP contribution in [-0.4, -0.2) is 11.1 Å². The quantitative estimate of drug-likeness (QED) is 0.883. The second-order valence-corrected chi connectivity index (χ2v) is 4.73. The lowest BCUT2D eigenvalue weighted by Crippen LogP contribution is -2.07. The second-order valence-electron chi connectivity index (χ2n) is 4.32. The van der Waals surface area contributed by atoms with Gasteiger partial charge in [-0.1, -0.05) is 35.9 Å². The van der Waals surface area contributed by atoms with Crippen LogP contribution in [0.4, 0.5) is 10.1 Å². The van der Waals surface area contributed by atoms with Crippen molar-refractivity contribution in [2.75, 3.05) is 5.32 Å². The number of carboxylic acids is 1. The Bertz CT molecular complexity index is 631. The molecule has 0 aliphatic heterocycles. The maximum atomic E-state index is 13.0. The molecule has 0 aromatic heterocycles. The van der Waals surface area contributed by atoms with E-state index >= 15 is 0 Å². The summed E-state index contributed by atoms with van der Waals surface area (Å²) in [6.45, 7) is 0.450. The molecule has 0 radical (unpaired) electrons. The van der Waals surface area contributed by atoms with Crippen molar-refractivity contribution in [3.63, 3.8) is 0 Å². The first-order valence-electron chi connectivity index (χ1n) is 6.04. The first-order chi connectivity index (χ1) is 9.56. The minimum Gasteiger partial charge on any atom is -0.481 e. The molecular weight excluding hydrogens is 281 g/mol. The van der Waals surface area contributed by atoms with Crippen molar-refractivity contribution >= 4 is 23.3 Å². The van der Waals surface area contributed by atoms with Crippen molar-refractivity contribution in [3.05, 3.63) is 64.4 Å². The largest absolute Gasteiger partial charge is 0.481 e. The van der Waals surface area contributed by atoms with Gasteiger partial charge in [0.25, 0.3) is 0 Å². The summed E-state index contributed by atoms with van der Waals surface area (Å²) < 4.78 is 13.0. The van der Waals surface area contributed by atoms with Gasteiger partial charge in [0.1, 0.15) is 5.82 Å². The molecule has 2 aromatic carbocycles. The van der Waals surface area contributed by atoms with E-state index < -0.39 is 11.8 Å². The van der Waals surface area contributed by atoms with Gasteiger partial charge >= 0.3 is 5.97 Å². The topological polar surface area (TPSA) is 49.3 Å². The number of benzene rings is 2. The van der Waals surface area contributed by atoms with Gasteiger partial charge < -0.3 is 10.4 Å². The van der Waals surface area contributed by atoms with E-state index in [0.29, 0.717) is 12.2 Å². The van der Waals surface area contributed by atoms with E-state index in [-0.39, 0.29) is 11.4 Å². The van der Waals surface area contributed by atoms with Gasteiger partial charge in [-0.2, -0.15) is 0 Å². The summed E-state index contributed by atoms with van der Waals surface area (Å²) in [5.41, 5.74) is 2.32. The Kier molecular flexibility index (Phi) is 4.58. The van der Waals surface area contributed by atoms with E-state index in [9.17, 15) is 9.18 Å². The normalized spacial score (nSPS) is 10.3. The number of hydrogen-bond acceptors (Lipinski definition) is 2. The highest BCUT2D eigenvalue weighted by Crippen LogP contribution is 2.20. The molecule has 0 saturated heterocycles. The van der Waals surface area contributed by atoms with Crippen molar-refractivity contribution < 1.29 is 14.3 Å². The fourth-order valence-corrected chi connectivity index (χ4v) is 2.05. The summed E-state index contributed by atoms with van der Waals surface area (Å²) in [7, 11) is 0. The van der Waals surface area contributed by atoms with Gasteiger partial charge in [-0.25, -0.2) is 4.39 Å². The lowest BCUT2D eigenvalue weighted by Gasteiger charge is -2.10. The van der Waals surface area contributed by atoms with E-state index in [4.69, 9.17) is 16.7 Å². The van der Waals surface area contributed by atoms with E-state index in [0.717, 1.165) is 11.1 Å². The SMILES string of the molecule is O=C(O)Cc1ccccc1CNc1ccc(F)c(Cl)c1. The predicted octanol–water partition coefficient (Wildman–Crippen LogP) is 3.72. The fourth-order valence-electron chi connectivity index (χ4n) is 1.87. The molecule has 2 N–H and O–H groups in total. The Morgan fingerprint density at radius 3 is 2.55 bits per heavy atom. The molecule has 0 aliphatic carbocycles. The van der Waals surface area contributed by atoms with E-state index in [1.165, 1.54) is 12.1 Å². The van der Waals surface area contributed by atoms with E-state index in [1.807, 2.05) is 12.1 Å². The van der Waals surface area contributed by atoms with Gasteiger partial charge in [-0.3, -0.25) is 4.79 Å². The maximum Gasteiger partial charge on any atom is 0.307 e. The molecule has 0 unspecified atom stereocenters. The van der Waals surface area contributed by atoms with Crippen LogP contribution < -0.4 is 5.32 Å². The number of aliphatic carboxylic acids is 1. The molecule has 3 nitrogen and oxygen atoms in total. The standard InChI is InChI=1S/C15H13ClFNO2/c16-13-8-12(5-6-14(13)17)18-9-11-4-2-1-3-10(11)7-15(19)20/h1-6,8,18H,7,9H2,(H,19,20). The van der Waals surface area contributed by atoms with Gasteiger partial charge in [0, 0.05) is 12.2 Å². The molecular formula is C15H13ClFNO2. The molecule has 0 amide bonds. The summed E-state index contributed by atoms with van der Waals surface area (Å²) in [6, 6.07) is 11.7. The van der Waals surface area contributed by atoms with Crippen LogP contribution >= 0.6 is 11.6 Å². The first kappa shape index (κ1) is 14.3. The predicted molar refractivity (Wildman–Crippen MR) is 76.5 cm³/mol. The zero-order valence-electron chi connectivity index (χ0n) is 10.6. The Hall–Kier alpha value is -2.07. The van der Waals surface area contributed by atoms with Gasteiger partial charge in [0.2, 0.25) is 0 Å². The molecule has 0 bridgehead atoms. The fraction of sp³-hybridized carbons (Fsp3) is 0.133. The van der Waals surface area contributed by atoms with Crippen LogP contribution in [0, 0.1) is 5.82 Å². The van der Waals surface area contributed by atoms with Crippen LogP contribution in [0.1, 0.15) is 11.1 Å². The van der Waals surface area contributed by atoms with Crippen molar-refractivity contribution in [1.82, 2.24) is 0 Å². The Balaban J connectivity index is 2.10. The molecule has 0 atom stereocenters. The summed E-state index contributed by atoms with van der Waals surface area (Å²) in [5.74, 6) is -1.34. The molecule has 0 fully saturated rings. The van der Waals surface area contributed by atoms with Crippen LogP contribution in [0.3, 0.4) is 0 Å². The summed E-state index contributed by atoms with van der Waals surface area (Å²) in [6.07, 6.45) is -0.0258. The molecule has 2 rings (SSSR count). The Labute approximate surface area is 121 Å². The molecule has 20 heavy (non-hydrogen) atoms. The third-order valence-electron chi connectivity index (χ3n) is 2.86. The number of halogens is 2. The van der Waals surface area contributed by atoms with Gasteiger partial charge in [0.15, 0.2) is 0 Å². The lowest BCUT2D eigenvalue weighted by atomic mass is 10.0. The number of nitrogens with one attached hydrogen (secondary N) is 1. The minimum absolute atomic E-state index is 0.0258. The third kappa shape index (κ3) is 3.71. The molecule has 104 valence electrons. The van der Waals surface area contributed by atoms with Crippen LogP contribution in [0.2, 0.25) is 5.02 Å². The zero-order chi connectivity index (χ0) is 14.5. The Morgan fingerprint density at radius 2 is 1.90 bits per heavy atom. The van der Waals surface area contributed by atoms with Crippen LogP contribution in [0.15, 0.2) is 42.5 Å². The van der Waals surface area contributed by atoms with Gasteiger partial charge in [-0.15, -0.1) is 0 Å². The average Bonchev–Trinajstić information content (AvgIpc) is 2.41. The number of carboxylic acid groups (broad SMARTS) is 1. The molecule has 0 heterocycles. The first-order valence-corrected chi connectivity index (χ1v) is 6.41. The highest BCUT2D eigenvalue weighted by Gasteiger charge is 2.06. The average molecular weight is 294 g/mol. The number of anilines is 1. The molecule has 2 aromatic rings. The number of carbonyl (C=O) groups is 1. The smallest absolute Gasteiger partial charge is 0.307 e. The van der Waals surface area contributed by atoms with Crippen LogP contribution in [0.5, 0.6) is 0 Å². The molecule has 0 saturated carbocycles. The summed E-state index contributed by atoms with van der Waals surface area (Å²) in [5, 5.41) is 12.0. The zero-order valence-corrected chi connectivity index (χ0v) is 11.3. The maximum absolute atomic E-state index is 13.0. The number of hydrogen-bond donors (Lipinski definition) is 2. The van der Waals surface area contributed by atoms with Crippen molar-refractivity contribution in [2.45, 2.75) is 13.0 Å². The van der Waals surface area contributed by atoms with Crippen LogP contribution in [0.25, 0.3) is 0 Å².